The molecule has 1 aliphatic carbocycles. The second-order valence-corrected chi connectivity index (χ2v) is 17.1. The predicted octanol–water partition coefficient (Wildman–Crippen LogP) is 8.36. The number of phosphoric acid groups is 1. The molecule has 0 bridgehead atoms. The maximum atomic E-state index is 12.8. The number of aliphatic hydroxyl groups excluding tert-OH is 6. The summed E-state index contributed by atoms with van der Waals surface area (Å²) >= 11 is 0. The molecule has 66 heavy (non-hydrogen) atoms. The van der Waals surface area contributed by atoms with Crippen molar-refractivity contribution in [2.75, 3.05) is 13.2 Å². The van der Waals surface area contributed by atoms with Crippen molar-refractivity contribution in [3.63, 3.8) is 0 Å². The van der Waals surface area contributed by atoms with Gasteiger partial charge < -0.3 is 45.0 Å². The first-order valence-corrected chi connectivity index (χ1v) is 24.9. The summed E-state index contributed by atoms with van der Waals surface area (Å²) in [5, 5.41) is 60.5. The maximum Gasteiger partial charge on any atom is 0.472 e. The first-order chi connectivity index (χ1) is 31.8. The quantitative estimate of drug-likeness (QED) is 0.0103. The summed E-state index contributed by atoms with van der Waals surface area (Å²) < 4.78 is 33.3. The molecule has 0 saturated heterocycles. The van der Waals surface area contributed by atoms with Crippen LogP contribution in [0.15, 0.2) is 122 Å². The highest BCUT2D eigenvalue weighted by atomic mass is 31.2. The van der Waals surface area contributed by atoms with Crippen LogP contribution in [0, 0.1) is 0 Å². The Morgan fingerprint density at radius 1 is 0.561 bits per heavy atom. The molecule has 14 nitrogen and oxygen atoms in total. The van der Waals surface area contributed by atoms with Crippen LogP contribution in [0.1, 0.15) is 123 Å². The van der Waals surface area contributed by atoms with Gasteiger partial charge in [-0.15, -0.1) is 0 Å². The van der Waals surface area contributed by atoms with E-state index in [1.54, 1.807) is 18.2 Å². The molecule has 0 aromatic heterocycles. The van der Waals surface area contributed by atoms with Crippen LogP contribution in [-0.2, 0) is 32.7 Å². The summed E-state index contributed by atoms with van der Waals surface area (Å²) in [7, 11) is -5.20. The van der Waals surface area contributed by atoms with Crippen molar-refractivity contribution >= 4 is 19.8 Å². The Hall–Kier alpha value is -3.79. The predicted molar refractivity (Wildman–Crippen MR) is 259 cm³/mol. The monoisotopic (exact) mass is 947 g/mol. The zero-order valence-corrected chi connectivity index (χ0v) is 39.9. The lowest BCUT2D eigenvalue weighted by Gasteiger charge is -2.41. The molecule has 0 aromatic rings. The van der Waals surface area contributed by atoms with E-state index in [1.807, 2.05) is 30.4 Å². The largest absolute Gasteiger partial charge is 0.472 e. The number of carbonyl (C=O) groups excluding carboxylic acids is 2. The molecular formula is C51H79O14P. The minimum atomic E-state index is -5.20. The summed E-state index contributed by atoms with van der Waals surface area (Å²) in [5.41, 5.74) is 0. The molecule has 1 saturated carbocycles. The van der Waals surface area contributed by atoms with Gasteiger partial charge >= 0.3 is 19.8 Å². The number of rotatable bonds is 36. The lowest BCUT2D eigenvalue weighted by atomic mass is 9.85. The highest BCUT2D eigenvalue weighted by molar-refractivity contribution is 7.47. The fourth-order valence-electron chi connectivity index (χ4n) is 6.12. The van der Waals surface area contributed by atoms with Gasteiger partial charge in [0, 0.05) is 12.8 Å². The Bertz CT molecular complexity index is 1630. The van der Waals surface area contributed by atoms with E-state index in [2.05, 4.69) is 86.8 Å². The molecule has 15 heteroatoms. The average molecular weight is 947 g/mol. The molecule has 1 rings (SSSR count). The molecule has 0 amide bonds. The van der Waals surface area contributed by atoms with Crippen LogP contribution in [0.25, 0.3) is 0 Å². The third kappa shape index (κ3) is 31.2. The molecule has 4 unspecified atom stereocenters. The van der Waals surface area contributed by atoms with E-state index in [0.717, 1.165) is 51.4 Å². The minimum Gasteiger partial charge on any atom is -0.462 e. The molecule has 1 aliphatic rings. The van der Waals surface area contributed by atoms with E-state index < -0.39 is 81.8 Å². The van der Waals surface area contributed by atoms with Gasteiger partial charge in [0.05, 0.1) is 12.7 Å². The topological polar surface area (TPSA) is 230 Å². The number of hydrogen-bond acceptors (Lipinski definition) is 13. The first-order valence-electron chi connectivity index (χ1n) is 23.4. The number of ether oxygens (including phenoxy) is 2. The van der Waals surface area contributed by atoms with Crippen LogP contribution in [0.2, 0.25) is 0 Å². The number of hydrogen-bond donors (Lipinski definition) is 7. The number of esters is 2. The van der Waals surface area contributed by atoms with Gasteiger partial charge in [-0.1, -0.05) is 148 Å². The highest BCUT2D eigenvalue weighted by Gasteiger charge is 2.51. The Labute approximate surface area is 393 Å². The average Bonchev–Trinajstić information content (AvgIpc) is 3.29. The number of phosphoric ester groups is 1. The van der Waals surface area contributed by atoms with Crippen LogP contribution in [0.4, 0.5) is 0 Å². The SMILES string of the molecule is CC/C=C\C/C=C\C/C=C\C/C=C\C=C\C(O)CCCC(=O)OC[C@H](COP(=O)(O)OC1[C@H](O)[C@H](O)C(O)[C@H](O)[C@H]1O)OC(=O)CC/C=C\C/C=C\C/C=C\C/C=C\C/C=C\CCCCC. The molecule has 7 N–H and O–H groups in total. The highest BCUT2D eigenvalue weighted by Crippen LogP contribution is 2.47. The van der Waals surface area contributed by atoms with Crippen LogP contribution in [0.3, 0.4) is 0 Å². The standard InChI is InChI=1S/C51H79O14P/c1-3-5-7-9-11-13-15-17-18-19-20-21-22-24-26-28-30-32-34-38-45(54)64-43(41-63-66(60,61)65-51-49(58)47(56)46(55)48(57)50(51)59)40-62-44(53)39-35-37-42(52)36-33-31-29-27-25-23-16-14-12-10-8-6-4-2/h6,8,11-14,17-18,20-21,23-26,29-33,36,42-43,46-52,55-59H,3-5,7,9-10,15-16,19,22,27-28,34-35,37-41H2,1-2H3,(H,60,61)/b8-6-,13-11-,14-12-,18-17-,21-20-,25-23-,26-24-,31-29-,32-30-,36-33+/t42?,43-,46?,47-,48+,49-,50-,51?/m1/s1. The first kappa shape index (κ1) is 60.2. The second-order valence-electron chi connectivity index (χ2n) is 15.7. The molecule has 372 valence electrons. The van der Waals surface area contributed by atoms with Gasteiger partial charge in [0.1, 0.15) is 43.2 Å². The normalized spacial score (nSPS) is 22.9. The van der Waals surface area contributed by atoms with Crippen LogP contribution < -0.4 is 0 Å². The van der Waals surface area contributed by atoms with Crippen molar-refractivity contribution < 1.29 is 68.2 Å². The van der Waals surface area contributed by atoms with Gasteiger partial charge in [0.25, 0.3) is 0 Å². The third-order valence-electron chi connectivity index (χ3n) is 9.90. The van der Waals surface area contributed by atoms with Gasteiger partial charge in [-0.25, -0.2) is 4.57 Å². The Morgan fingerprint density at radius 3 is 1.58 bits per heavy atom. The van der Waals surface area contributed by atoms with Crippen molar-refractivity contribution in [1.29, 1.82) is 0 Å². The molecular weight excluding hydrogens is 868 g/mol. The van der Waals surface area contributed by atoms with Gasteiger partial charge in [-0.3, -0.25) is 18.6 Å². The van der Waals surface area contributed by atoms with Gasteiger partial charge in [-0.2, -0.15) is 0 Å². The van der Waals surface area contributed by atoms with Crippen molar-refractivity contribution in [1.82, 2.24) is 0 Å². The smallest absolute Gasteiger partial charge is 0.462 e. The molecule has 0 aromatic carbocycles. The Balaban J connectivity index is 2.61. The van der Waals surface area contributed by atoms with Gasteiger partial charge in [-0.05, 0) is 83.5 Å². The summed E-state index contributed by atoms with van der Waals surface area (Å²) in [4.78, 5) is 35.7. The minimum absolute atomic E-state index is 0.0757. The summed E-state index contributed by atoms with van der Waals surface area (Å²) in [6.07, 6.45) is 38.5. The Kier molecular flexibility index (Phi) is 35.8. The van der Waals surface area contributed by atoms with Crippen molar-refractivity contribution in [3.8, 4) is 0 Å². The number of aliphatic hydroxyl groups is 6. The van der Waals surface area contributed by atoms with Crippen LogP contribution >= 0.6 is 7.82 Å². The summed E-state index contributed by atoms with van der Waals surface area (Å²) in [6.45, 7) is 2.91. The fourth-order valence-corrected chi connectivity index (χ4v) is 7.09. The molecule has 1 fully saturated rings. The van der Waals surface area contributed by atoms with E-state index in [0.29, 0.717) is 12.8 Å². The van der Waals surface area contributed by atoms with E-state index in [-0.39, 0.29) is 25.7 Å². The second kappa shape index (κ2) is 39.2. The van der Waals surface area contributed by atoms with E-state index in [4.69, 9.17) is 18.5 Å². The van der Waals surface area contributed by atoms with Crippen LogP contribution in [-0.4, -0.2) is 110 Å². The zero-order valence-electron chi connectivity index (χ0n) is 39.0. The molecule has 0 spiro atoms. The summed E-state index contributed by atoms with van der Waals surface area (Å²) in [6, 6.07) is 0. The van der Waals surface area contributed by atoms with Crippen molar-refractivity contribution in [3.05, 3.63) is 122 Å². The lowest BCUT2D eigenvalue weighted by Crippen LogP contribution is -2.64. The van der Waals surface area contributed by atoms with E-state index >= 15 is 0 Å². The molecule has 9 atom stereocenters. The molecule has 0 radical (unpaired) electrons. The molecule has 0 heterocycles. The summed E-state index contributed by atoms with van der Waals surface area (Å²) in [5.74, 6) is -1.42. The van der Waals surface area contributed by atoms with Gasteiger partial charge in [0.2, 0.25) is 0 Å². The van der Waals surface area contributed by atoms with Crippen LogP contribution in [0.5, 0.6) is 0 Å². The fraction of sp³-hybridized carbons (Fsp3) is 0.569. The Morgan fingerprint density at radius 2 is 1.05 bits per heavy atom. The maximum absolute atomic E-state index is 12.8. The van der Waals surface area contributed by atoms with Crippen molar-refractivity contribution in [2.45, 2.75) is 172 Å². The van der Waals surface area contributed by atoms with E-state index in [1.165, 1.54) is 19.3 Å². The van der Waals surface area contributed by atoms with Gasteiger partial charge in [0.15, 0.2) is 6.10 Å². The van der Waals surface area contributed by atoms with Crippen molar-refractivity contribution in [2.24, 2.45) is 0 Å². The zero-order chi connectivity index (χ0) is 48.7. The number of allylic oxidation sites excluding steroid dienone is 19. The third-order valence-corrected chi connectivity index (χ3v) is 10.9. The molecule has 0 aliphatic heterocycles. The number of carbonyl (C=O) groups is 2. The van der Waals surface area contributed by atoms with E-state index in [9.17, 15) is 49.7 Å². The lowest BCUT2D eigenvalue weighted by molar-refractivity contribution is -0.220. The number of unbranched alkanes of at least 4 members (excludes halogenated alkanes) is 3.